The van der Waals surface area contributed by atoms with Crippen LogP contribution < -0.4 is 0 Å². The fourth-order valence-corrected chi connectivity index (χ4v) is 2.89. The molecule has 0 unspecified atom stereocenters. The molecule has 23 heavy (non-hydrogen) atoms. The van der Waals surface area contributed by atoms with Gasteiger partial charge in [-0.05, 0) is 53.6 Å². The van der Waals surface area contributed by atoms with Gasteiger partial charge in [0.2, 0.25) is 0 Å². The Morgan fingerprint density at radius 2 is 1.78 bits per heavy atom. The molecule has 0 spiro atoms. The van der Waals surface area contributed by atoms with Crippen LogP contribution >= 0.6 is 0 Å². The summed E-state index contributed by atoms with van der Waals surface area (Å²) in [4.78, 5) is 10.3. The van der Waals surface area contributed by atoms with Crippen LogP contribution in [-0.2, 0) is 6.42 Å². The Labute approximate surface area is 134 Å². The van der Waals surface area contributed by atoms with Crippen LogP contribution in [0.4, 0.5) is 5.69 Å². The van der Waals surface area contributed by atoms with E-state index in [4.69, 9.17) is 0 Å². The number of fused-ring (bicyclic) bond motifs is 1. The monoisotopic (exact) mass is 307 g/mol. The number of nitrogens with zero attached hydrogens (tertiary/aromatic N) is 1. The van der Waals surface area contributed by atoms with Gasteiger partial charge in [0.25, 0.3) is 5.69 Å². The fraction of sp³-hybridized carbons (Fsp3) is 0.158. The van der Waals surface area contributed by atoms with Crippen LogP contribution in [0.25, 0.3) is 21.9 Å². The van der Waals surface area contributed by atoms with Crippen molar-refractivity contribution >= 4 is 16.5 Å². The Hall–Kier alpha value is -2.88. The molecule has 0 fully saturated rings. The van der Waals surface area contributed by atoms with Crippen molar-refractivity contribution in [2.75, 3.05) is 0 Å². The highest BCUT2D eigenvalue weighted by Gasteiger charge is 2.12. The van der Waals surface area contributed by atoms with E-state index in [0.717, 1.165) is 22.8 Å². The number of aromatic hydroxyl groups is 1. The maximum atomic E-state index is 10.7. The highest BCUT2D eigenvalue weighted by molar-refractivity contribution is 5.95. The van der Waals surface area contributed by atoms with Crippen LogP contribution in [0.2, 0.25) is 0 Å². The number of hydrogen-bond donors (Lipinski definition) is 1. The van der Waals surface area contributed by atoms with Gasteiger partial charge < -0.3 is 5.11 Å². The third kappa shape index (κ3) is 2.63. The smallest absolute Gasteiger partial charge is 0.269 e. The number of phenolic OH excluding ortho intramolecular Hbond substituents is 1. The molecule has 0 heterocycles. The van der Waals surface area contributed by atoms with Gasteiger partial charge in [-0.2, -0.15) is 0 Å². The summed E-state index contributed by atoms with van der Waals surface area (Å²) in [6.45, 7) is 4.16. The van der Waals surface area contributed by atoms with E-state index in [2.05, 4.69) is 19.9 Å². The summed E-state index contributed by atoms with van der Waals surface area (Å²) in [5, 5.41) is 23.2. The van der Waals surface area contributed by atoms with Crippen molar-refractivity contribution in [3.63, 3.8) is 0 Å². The van der Waals surface area contributed by atoms with Gasteiger partial charge in [-0.3, -0.25) is 10.1 Å². The lowest BCUT2D eigenvalue weighted by Gasteiger charge is -2.11. The molecule has 0 saturated heterocycles. The zero-order valence-corrected chi connectivity index (χ0v) is 13.0. The highest BCUT2D eigenvalue weighted by atomic mass is 16.6. The van der Waals surface area contributed by atoms with Crippen LogP contribution in [0.5, 0.6) is 5.75 Å². The molecule has 1 N–H and O–H groups in total. The first kappa shape index (κ1) is 15.0. The molecule has 4 nitrogen and oxygen atoms in total. The number of non-ortho nitro benzene ring substituents is 1. The molecule has 0 aliphatic heterocycles. The Balaban J connectivity index is 2.16. The molecule has 0 amide bonds. The molecule has 4 heteroatoms. The molecule has 0 aliphatic carbocycles. The van der Waals surface area contributed by atoms with Crippen molar-refractivity contribution in [1.82, 2.24) is 0 Å². The van der Waals surface area contributed by atoms with Crippen molar-refractivity contribution in [2.24, 2.45) is 0 Å². The molecule has 3 aromatic carbocycles. The van der Waals surface area contributed by atoms with Crippen molar-refractivity contribution in [3.05, 3.63) is 69.8 Å². The lowest BCUT2D eigenvalue weighted by Crippen LogP contribution is -1.90. The van der Waals surface area contributed by atoms with Gasteiger partial charge in [-0.25, -0.2) is 0 Å². The molecule has 0 radical (unpaired) electrons. The average Bonchev–Trinajstić information content (AvgIpc) is 2.55. The average molecular weight is 307 g/mol. The summed E-state index contributed by atoms with van der Waals surface area (Å²) in [5.41, 5.74) is 3.89. The quantitative estimate of drug-likeness (QED) is 0.547. The van der Waals surface area contributed by atoms with Crippen molar-refractivity contribution in [1.29, 1.82) is 0 Å². The number of nitro groups is 1. The van der Waals surface area contributed by atoms with Gasteiger partial charge in [-0.15, -0.1) is 0 Å². The first-order valence-electron chi connectivity index (χ1n) is 7.51. The first-order valence-corrected chi connectivity index (χ1v) is 7.51. The minimum absolute atomic E-state index is 0.0397. The Morgan fingerprint density at radius 1 is 1.09 bits per heavy atom. The van der Waals surface area contributed by atoms with Crippen LogP contribution in [0, 0.1) is 17.0 Å². The van der Waals surface area contributed by atoms with Gasteiger partial charge in [0.05, 0.1) is 4.92 Å². The molecule has 0 saturated carbocycles. The zero-order valence-electron chi connectivity index (χ0n) is 13.0. The number of aryl methyl sites for hydroxylation is 2. The van der Waals surface area contributed by atoms with Crippen LogP contribution in [-0.4, -0.2) is 10.0 Å². The Morgan fingerprint density at radius 3 is 2.39 bits per heavy atom. The van der Waals surface area contributed by atoms with E-state index in [1.165, 1.54) is 23.3 Å². The molecule has 0 aromatic heterocycles. The Kier molecular flexibility index (Phi) is 3.74. The predicted octanol–water partition coefficient (Wildman–Crippen LogP) is 4.99. The molecule has 0 aliphatic rings. The summed E-state index contributed by atoms with van der Waals surface area (Å²) >= 11 is 0. The zero-order chi connectivity index (χ0) is 16.6. The van der Waals surface area contributed by atoms with Gasteiger partial charge in [0.15, 0.2) is 0 Å². The van der Waals surface area contributed by atoms with Gasteiger partial charge in [0.1, 0.15) is 5.75 Å². The number of nitro benzene ring substituents is 1. The van der Waals surface area contributed by atoms with Crippen molar-refractivity contribution in [3.8, 4) is 16.9 Å². The minimum atomic E-state index is -0.430. The normalized spacial score (nSPS) is 10.9. The van der Waals surface area contributed by atoms with E-state index in [1.54, 1.807) is 12.1 Å². The van der Waals surface area contributed by atoms with Crippen LogP contribution in [0.1, 0.15) is 18.1 Å². The first-order chi connectivity index (χ1) is 11.0. The maximum absolute atomic E-state index is 10.7. The van der Waals surface area contributed by atoms with E-state index in [0.29, 0.717) is 5.56 Å². The third-order valence-corrected chi connectivity index (χ3v) is 4.22. The predicted molar refractivity (Wildman–Crippen MR) is 91.8 cm³/mol. The maximum Gasteiger partial charge on any atom is 0.269 e. The molecular formula is C19H17NO3. The minimum Gasteiger partial charge on any atom is -0.507 e. The van der Waals surface area contributed by atoms with Gasteiger partial charge >= 0.3 is 0 Å². The summed E-state index contributed by atoms with van der Waals surface area (Å²) in [5.74, 6) is 0.214. The van der Waals surface area contributed by atoms with E-state index in [1.807, 2.05) is 18.2 Å². The fourth-order valence-electron chi connectivity index (χ4n) is 2.89. The summed E-state index contributed by atoms with van der Waals surface area (Å²) in [6.07, 6.45) is 0.906. The second kappa shape index (κ2) is 5.72. The van der Waals surface area contributed by atoms with E-state index in [9.17, 15) is 15.2 Å². The highest BCUT2D eigenvalue weighted by Crippen LogP contribution is 2.37. The summed E-state index contributed by atoms with van der Waals surface area (Å²) < 4.78 is 0. The lowest BCUT2D eigenvalue weighted by molar-refractivity contribution is -0.384. The second-order valence-electron chi connectivity index (χ2n) is 5.62. The van der Waals surface area contributed by atoms with Crippen LogP contribution in [0.3, 0.4) is 0 Å². The van der Waals surface area contributed by atoms with E-state index >= 15 is 0 Å². The molecule has 0 atom stereocenters. The van der Waals surface area contributed by atoms with E-state index < -0.39 is 4.92 Å². The molecular weight excluding hydrogens is 290 g/mol. The lowest BCUT2D eigenvalue weighted by atomic mass is 9.95. The topological polar surface area (TPSA) is 63.4 Å². The number of rotatable bonds is 3. The molecule has 3 aromatic rings. The summed E-state index contributed by atoms with van der Waals surface area (Å²) in [7, 11) is 0. The van der Waals surface area contributed by atoms with Crippen LogP contribution in [0.15, 0.2) is 48.5 Å². The number of hydrogen-bond acceptors (Lipinski definition) is 3. The van der Waals surface area contributed by atoms with Gasteiger partial charge in [-0.1, -0.05) is 25.1 Å². The largest absolute Gasteiger partial charge is 0.507 e. The van der Waals surface area contributed by atoms with E-state index in [-0.39, 0.29) is 11.4 Å². The number of phenols is 1. The molecule has 0 bridgehead atoms. The Bertz CT molecular complexity index is 899. The van der Waals surface area contributed by atoms with Gasteiger partial charge in [0, 0.05) is 23.1 Å². The third-order valence-electron chi connectivity index (χ3n) is 4.22. The molecule has 3 rings (SSSR count). The second-order valence-corrected chi connectivity index (χ2v) is 5.62. The molecule has 116 valence electrons. The summed E-state index contributed by atoms with van der Waals surface area (Å²) in [6, 6.07) is 14.1. The van der Waals surface area contributed by atoms with Crippen molar-refractivity contribution < 1.29 is 10.0 Å². The SMILES string of the molecule is CCc1cc2c(O)c(-c3ccc([N+](=O)[O-])cc3)ccc2cc1C. The number of benzene rings is 3. The standard InChI is InChI=1S/C19H17NO3/c1-3-13-11-18-15(10-12(13)2)6-9-17(19(18)21)14-4-7-16(8-5-14)20(22)23/h4-11,21H,3H2,1-2H3. The van der Waals surface area contributed by atoms with Crippen molar-refractivity contribution in [2.45, 2.75) is 20.3 Å².